The fourth-order valence-electron chi connectivity index (χ4n) is 0.819. The molecule has 0 bridgehead atoms. The molecule has 68 valence electrons. The van der Waals surface area contributed by atoms with Gasteiger partial charge in [-0.2, -0.15) is 0 Å². The average molecular weight is 190 g/mol. The van der Waals surface area contributed by atoms with E-state index in [9.17, 15) is 4.79 Å². The first kappa shape index (κ1) is 11.1. The summed E-state index contributed by atoms with van der Waals surface area (Å²) in [5.41, 5.74) is 5.08. The van der Waals surface area contributed by atoms with Crippen LogP contribution in [0.25, 0.3) is 0 Å². The van der Waals surface area contributed by atoms with Crippen molar-refractivity contribution in [3.05, 3.63) is 28.9 Å². The molecule has 0 saturated heterocycles. The summed E-state index contributed by atoms with van der Waals surface area (Å²) in [6.45, 7) is 1.25. The molecule has 0 spiro atoms. The van der Waals surface area contributed by atoms with Crippen LogP contribution in [0.15, 0.2) is 23.3 Å². The molecule has 1 aromatic rings. The van der Waals surface area contributed by atoms with E-state index in [1.54, 1.807) is 16.8 Å². The SMILES string of the molecule is Cl.NCCCn1cccnc1=O. The Morgan fingerprint density at radius 3 is 2.92 bits per heavy atom. The molecule has 5 heteroatoms. The van der Waals surface area contributed by atoms with E-state index in [1.165, 1.54) is 6.20 Å². The van der Waals surface area contributed by atoms with Crippen LogP contribution in [0.4, 0.5) is 0 Å². The Morgan fingerprint density at radius 1 is 1.58 bits per heavy atom. The minimum absolute atomic E-state index is 0. The number of nitrogens with zero attached hydrogens (tertiary/aromatic N) is 2. The van der Waals surface area contributed by atoms with Crippen LogP contribution in [0.5, 0.6) is 0 Å². The molecule has 0 aromatic carbocycles. The predicted octanol–water partition coefficient (Wildman–Crippen LogP) is 0.0139. The lowest BCUT2D eigenvalue weighted by molar-refractivity contribution is 0.614. The van der Waals surface area contributed by atoms with Crippen molar-refractivity contribution in [2.75, 3.05) is 6.54 Å². The number of aryl methyl sites for hydroxylation is 1. The van der Waals surface area contributed by atoms with Gasteiger partial charge < -0.3 is 5.73 Å². The monoisotopic (exact) mass is 189 g/mol. The summed E-state index contributed by atoms with van der Waals surface area (Å²) in [4.78, 5) is 14.5. The number of halogens is 1. The molecule has 0 aliphatic rings. The lowest BCUT2D eigenvalue weighted by Crippen LogP contribution is -2.22. The number of hydrogen-bond donors (Lipinski definition) is 1. The van der Waals surface area contributed by atoms with E-state index in [4.69, 9.17) is 5.73 Å². The van der Waals surface area contributed by atoms with Gasteiger partial charge in [0, 0.05) is 18.9 Å². The first-order valence-corrected chi connectivity index (χ1v) is 3.56. The highest BCUT2D eigenvalue weighted by Gasteiger charge is 1.91. The van der Waals surface area contributed by atoms with Gasteiger partial charge in [-0.3, -0.25) is 4.57 Å². The second-order valence-corrected chi connectivity index (χ2v) is 2.24. The summed E-state index contributed by atoms with van der Waals surface area (Å²) in [7, 11) is 0. The van der Waals surface area contributed by atoms with E-state index < -0.39 is 0 Å². The highest BCUT2D eigenvalue weighted by molar-refractivity contribution is 5.85. The maximum Gasteiger partial charge on any atom is 0.347 e. The van der Waals surface area contributed by atoms with Gasteiger partial charge in [-0.25, -0.2) is 9.78 Å². The summed E-state index contributed by atoms with van der Waals surface area (Å²) >= 11 is 0. The highest BCUT2D eigenvalue weighted by Crippen LogP contribution is 1.82. The van der Waals surface area contributed by atoms with Crippen molar-refractivity contribution >= 4 is 12.4 Å². The normalized spacial score (nSPS) is 9.08. The van der Waals surface area contributed by atoms with Gasteiger partial charge in [0.15, 0.2) is 0 Å². The van der Waals surface area contributed by atoms with Gasteiger partial charge >= 0.3 is 5.69 Å². The van der Waals surface area contributed by atoms with Crippen molar-refractivity contribution < 1.29 is 0 Å². The fourth-order valence-corrected chi connectivity index (χ4v) is 0.819. The Labute approximate surface area is 76.8 Å². The van der Waals surface area contributed by atoms with Crippen molar-refractivity contribution in [3.63, 3.8) is 0 Å². The van der Waals surface area contributed by atoms with Gasteiger partial charge in [0.05, 0.1) is 0 Å². The Morgan fingerprint density at radius 2 is 2.33 bits per heavy atom. The second-order valence-electron chi connectivity index (χ2n) is 2.24. The van der Waals surface area contributed by atoms with E-state index in [0.717, 1.165) is 6.42 Å². The molecule has 0 aliphatic heterocycles. The van der Waals surface area contributed by atoms with Crippen molar-refractivity contribution in [1.82, 2.24) is 9.55 Å². The average Bonchev–Trinajstić information content (AvgIpc) is 2.03. The molecule has 0 fully saturated rings. The van der Waals surface area contributed by atoms with Gasteiger partial charge in [0.25, 0.3) is 0 Å². The Hall–Kier alpha value is -0.870. The predicted molar refractivity (Wildman–Crippen MR) is 49.4 cm³/mol. The third-order valence-electron chi connectivity index (χ3n) is 1.39. The van der Waals surface area contributed by atoms with Crippen LogP contribution in [0.3, 0.4) is 0 Å². The summed E-state index contributed by atoms with van der Waals surface area (Å²) in [5.74, 6) is 0. The highest BCUT2D eigenvalue weighted by atomic mass is 35.5. The smallest absolute Gasteiger partial charge is 0.330 e. The topological polar surface area (TPSA) is 60.9 Å². The molecule has 0 radical (unpaired) electrons. The number of nitrogens with two attached hydrogens (primary N) is 1. The molecule has 0 saturated carbocycles. The molecule has 0 atom stereocenters. The number of rotatable bonds is 3. The quantitative estimate of drug-likeness (QED) is 0.729. The minimum atomic E-state index is -0.207. The van der Waals surface area contributed by atoms with Gasteiger partial charge in [-0.1, -0.05) is 0 Å². The third-order valence-corrected chi connectivity index (χ3v) is 1.39. The van der Waals surface area contributed by atoms with Crippen LogP contribution in [0.2, 0.25) is 0 Å². The Bertz CT molecular complexity index is 273. The van der Waals surface area contributed by atoms with E-state index in [1.807, 2.05) is 0 Å². The lowest BCUT2D eigenvalue weighted by atomic mass is 10.4. The van der Waals surface area contributed by atoms with Crippen LogP contribution in [0, 0.1) is 0 Å². The molecule has 1 heterocycles. The van der Waals surface area contributed by atoms with E-state index >= 15 is 0 Å². The summed E-state index contributed by atoms with van der Waals surface area (Å²) in [6, 6.07) is 1.73. The zero-order valence-electron chi connectivity index (χ0n) is 6.64. The molecule has 4 nitrogen and oxygen atoms in total. The standard InChI is InChI=1S/C7H11N3O.ClH/c8-3-1-5-10-6-2-4-9-7(10)11;/h2,4,6H,1,3,5,8H2;1H. The summed E-state index contributed by atoms with van der Waals surface area (Å²) in [6.07, 6.45) is 4.01. The molecule has 1 aromatic heterocycles. The zero-order chi connectivity index (χ0) is 8.10. The van der Waals surface area contributed by atoms with E-state index in [-0.39, 0.29) is 18.1 Å². The largest absolute Gasteiger partial charge is 0.347 e. The number of aromatic nitrogens is 2. The molecule has 2 N–H and O–H groups in total. The fraction of sp³-hybridized carbons (Fsp3) is 0.429. The Balaban J connectivity index is 0.00000121. The van der Waals surface area contributed by atoms with E-state index in [0.29, 0.717) is 13.1 Å². The first-order valence-electron chi connectivity index (χ1n) is 3.56. The van der Waals surface area contributed by atoms with Crippen LogP contribution in [-0.4, -0.2) is 16.1 Å². The van der Waals surface area contributed by atoms with Crippen molar-refractivity contribution in [3.8, 4) is 0 Å². The first-order chi connectivity index (χ1) is 5.34. The van der Waals surface area contributed by atoms with Crippen LogP contribution in [-0.2, 0) is 6.54 Å². The van der Waals surface area contributed by atoms with Gasteiger partial charge in [-0.05, 0) is 19.0 Å². The van der Waals surface area contributed by atoms with Gasteiger partial charge in [-0.15, -0.1) is 12.4 Å². The molecule has 12 heavy (non-hydrogen) atoms. The molecule has 0 aliphatic carbocycles. The molecule has 1 rings (SSSR count). The van der Waals surface area contributed by atoms with Crippen molar-refractivity contribution in [1.29, 1.82) is 0 Å². The van der Waals surface area contributed by atoms with Crippen LogP contribution in [0.1, 0.15) is 6.42 Å². The maximum atomic E-state index is 10.9. The molecule has 0 unspecified atom stereocenters. The lowest BCUT2D eigenvalue weighted by Gasteiger charge is -2.00. The van der Waals surface area contributed by atoms with Crippen LogP contribution < -0.4 is 11.4 Å². The zero-order valence-corrected chi connectivity index (χ0v) is 7.46. The maximum absolute atomic E-state index is 10.9. The summed E-state index contributed by atoms with van der Waals surface area (Å²) < 4.78 is 1.55. The van der Waals surface area contributed by atoms with Gasteiger partial charge in [0.2, 0.25) is 0 Å². The molecule has 0 amide bonds. The van der Waals surface area contributed by atoms with Crippen molar-refractivity contribution in [2.24, 2.45) is 5.73 Å². The van der Waals surface area contributed by atoms with Gasteiger partial charge in [0.1, 0.15) is 0 Å². The second kappa shape index (κ2) is 5.74. The molecular weight excluding hydrogens is 178 g/mol. The Kier molecular flexibility index (Phi) is 5.32. The van der Waals surface area contributed by atoms with Crippen molar-refractivity contribution in [2.45, 2.75) is 13.0 Å². The minimum Gasteiger partial charge on any atom is -0.330 e. The van der Waals surface area contributed by atoms with E-state index in [2.05, 4.69) is 4.98 Å². The van der Waals surface area contributed by atoms with Crippen LogP contribution >= 0.6 is 12.4 Å². The summed E-state index contributed by atoms with van der Waals surface area (Å²) in [5, 5.41) is 0. The number of hydrogen-bond acceptors (Lipinski definition) is 3. The third kappa shape index (κ3) is 3.02. The molecular formula is C7H12ClN3O.